The number of carbonyl (C=O) groups is 5. The number of carbonyl (C=O) groups excluding carboxylic acids is 5. The van der Waals surface area contributed by atoms with Gasteiger partial charge in [0.1, 0.15) is 11.5 Å². The Hall–Kier alpha value is -4.73. The van der Waals surface area contributed by atoms with Crippen molar-refractivity contribution in [2.24, 2.45) is 35.0 Å². The van der Waals surface area contributed by atoms with E-state index in [0.29, 0.717) is 22.8 Å². The minimum Gasteiger partial charge on any atom is -0.508 e. The number of hydrogen-bond donors (Lipinski definition) is 1. The first-order valence-electron chi connectivity index (χ1n) is 13.9. The first-order valence-corrected chi connectivity index (χ1v) is 13.9. The Morgan fingerprint density at radius 3 is 2.52 bits per heavy atom. The molecule has 2 aliphatic carbocycles. The second-order valence-electron chi connectivity index (χ2n) is 11.8. The van der Waals surface area contributed by atoms with Crippen LogP contribution in [0, 0.1) is 35.0 Å². The first kappa shape index (κ1) is 26.2. The lowest BCUT2D eigenvalue weighted by molar-refractivity contribution is -0.138. The standard InChI is InChI=1S/C32H28N2O8/c1-32-23(28(37)33(30(32)39)18-6-4-3-5-7-18)14-22-20(9-10-21-25(22)29(38)34(27(21)36)31(40)41-2)26(32)17-12-16-13-19(35)8-11-24(16)42-15-17/h3-9,11,13,15,21-23,25-26,35H,10,12,14H2,1-2H3. The SMILES string of the molecule is COC(=O)N1C(=O)C2CC=C3C(CC4C(=O)N(c5ccccc5)C(=O)C4(C)C3C3=COc4ccc(O)cc4C3)C2C1=O. The molecule has 5 amide bonds. The monoisotopic (exact) mass is 568 g/mol. The summed E-state index contributed by atoms with van der Waals surface area (Å²) in [5, 5.41) is 10.2. The van der Waals surface area contributed by atoms with Crippen LogP contribution in [0.15, 0.2) is 72.0 Å². The fourth-order valence-corrected chi connectivity index (χ4v) is 7.94. The van der Waals surface area contributed by atoms with Gasteiger partial charge in [0.25, 0.3) is 0 Å². The summed E-state index contributed by atoms with van der Waals surface area (Å²) in [7, 11) is 1.11. The van der Waals surface area contributed by atoms with Gasteiger partial charge in [-0.1, -0.05) is 29.8 Å². The molecule has 0 spiro atoms. The molecule has 10 nitrogen and oxygen atoms in total. The molecule has 2 saturated heterocycles. The third-order valence-corrected chi connectivity index (χ3v) is 9.79. The maximum Gasteiger partial charge on any atom is 0.423 e. The molecule has 2 aromatic carbocycles. The van der Waals surface area contributed by atoms with Crippen LogP contribution >= 0.6 is 0 Å². The van der Waals surface area contributed by atoms with E-state index < -0.39 is 52.9 Å². The number of fused-ring (bicyclic) bond motifs is 5. The van der Waals surface area contributed by atoms with Gasteiger partial charge in [-0.15, -0.1) is 0 Å². The van der Waals surface area contributed by atoms with E-state index in [1.807, 2.05) is 6.08 Å². The Balaban J connectivity index is 1.37. The van der Waals surface area contributed by atoms with E-state index in [0.717, 1.165) is 23.8 Å². The second kappa shape index (κ2) is 9.14. The number of allylic oxidation sites excluding steroid dienone is 3. The Kier molecular flexibility index (Phi) is 5.70. The molecule has 0 radical (unpaired) electrons. The molecule has 5 aliphatic rings. The van der Waals surface area contributed by atoms with Gasteiger partial charge in [0.15, 0.2) is 0 Å². The summed E-state index contributed by atoms with van der Waals surface area (Å²) in [6.07, 6.45) is 3.22. The van der Waals surface area contributed by atoms with Gasteiger partial charge in [0, 0.05) is 17.9 Å². The highest BCUT2D eigenvalue weighted by Gasteiger charge is 2.68. The molecule has 1 saturated carbocycles. The van der Waals surface area contributed by atoms with Gasteiger partial charge < -0.3 is 14.6 Å². The molecular formula is C32H28N2O8. The number of anilines is 1. The maximum atomic E-state index is 14.4. The lowest BCUT2D eigenvalue weighted by atomic mass is 9.51. The molecular weight excluding hydrogens is 540 g/mol. The number of aromatic hydroxyl groups is 1. The predicted molar refractivity (Wildman–Crippen MR) is 147 cm³/mol. The summed E-state index contributed by atoms with van der Waals surface area (Å²) in [5.74, 6) is -4.91. The van der Waals surface area contributed by atoms with Crippen molar-refractivity contribution in [3.63, 3.8) is 0 Å². The minimum atomic E-state index is -1.21. The van der Waals surface area contributed by atoms with E-state index in [1.54, 1.807) is 55.7 Å². The fraction of sp³-hybridized carbons (Fsp3) is 0.344. The van der Waals surface area contributed by atoms with Gasteiger partial charge in [-0.2, -0.15) is 4.90 Å². The number of benzene rings is 2. The van der Waals surface area contributed by atoms with Crippen LogP contribution < -0.4 is 9.64 Å². The van der Waals surface area contributed by atoms with Crippen LogP contribution in [0.4, 0.5) is 10.5 Å². The van der Waals surface area contributed by atoms with Gasteiger partial charge >= 0.3 is 6.09 Å². The number of ether oxygens (including phenoxy) is 2. The Bertz CT molecular complexity index is 1640. The zero-order valence-electron chi connectivity index (χ0n) is 23.0. The molecule has 7 rings (SSSR count). The molecule has 6 atom stereocenters. The van der Waals surface area contributed by atoms with E-state index >= 15 is 0 Å². The van der Waals surface area contributed by atoms with Gasteiger partial charge in [-0.3, -0.25) is 19.2 Å². The van der Waals surface area contributed by atoms with Gasteiger partial charge in [-0.25, -0.2) is 9.69 Å². The molecule has 3 heterocycles. The zero-order chi connectivity index (χ0) is 29.5. The van der Waals surface area contributed by atoms with E-state index in [4.69, 9.17) is 9.47 Å². The van der Waals surface area contributed by atoms with E-state index in [1.165, 1.54) is 11.0 Å². The number of imide groups is 4. The lowest BCUT2D eigenvalue weighted by Gasteiger charge is -2.49. The Morgan fingerprint density at radius 2 is 1.79 bits per heavy atom. The molecule has 3 fully saturated rings. The van der Waals surface area contributed by atoms with Crippen molar-refractivity contribution in [2.75, 3.05) is 12.0 Å². The number of para-hydroxylation sites is 1. The Morgan fingerprint density at radius 1 is 1.02 bits per heavy atom. The van der Waals surface area contributed by atoms with Gasteiger partial charge in [-0.05, 0) is 61.6 Å². The summed E-state index contributed by atoms with van der Waals surface area (Å²) in [6, 6.07) is 13.6. The van der Waals surface area contributed by atoms with E-state index in [2.05, 4.69) is 0 Å². The molecule has 10 heteroatoms. The van der Waals surface area contributed by atoms with Gasteiger partial charge in [0.2, 0.25) is 23.6 Å². The van der Waals surface area contributed by atoms with Crippen LogP contribution in [0.5, 0.6) is 11.5 Å². The molecule has 42 heavy (non-hydrogen) atoms. The quantitative estimate of drug-likeness (QED) is 0.428. The number of hydrogen-bond acceptors (Lipinski definition) is 8. The van der Waals surface area contributed by atoms with Crippen molar-refractivity contribution in [3.8, 4) is 11.5 Å². The topological polar surface area (TPSA) is 131 Å². The van der Waals surface area contributed by atoms with E-state index in [9.17, 15) is 29.1 Å². The summed E-state index contributed by atoms with van der Waals surface area (Å²) in [5.41, 5.74) is 1.50. The Labute approximate surface area is 241 Å². The number of rotatable bonds is 2. The highest BCUT2D eigenvalue weighted by Crippen LogP contribution is 2.62. The third-order valence-electron chi connectivity index (χ3n) is 9.79. The van der Waals surface area contributed by atoms with Gasteiger partial charge in [0.05, 0.1) is 42.2 Å². The van der Waals surface area contributed by atoms with Crippen molar-refractivity contribution in [1.29, 1.82) is 0 Å². The number of phenolic OH excluding ortho intramolecular Hbond substituents is 1. The summed E-state index contributed by atoms with van der Waals surface area (Å²) < 4.78 is 10.7. The van der Waals surface area contributed by atoms with Crippen molar-refractivity contribution in [2.45, 2.75) is 26.2 Å². The predicted octanol–water partition coefficient (Wildman–Crippen LogP) is 3.74. The maximum absolute atomic E-state index is 14.4. The van der Waals surface area contributed by atoms with Crippen LogP contribution in [0.1, 0.15) is 25.3 Å². The van der Waals surface area contributed by atoms with Crippen LogP contribution in [0.3, 0.4) is 0 Å². The first-order chi connectivity index (χ1) is 20.2. The number of amides is 5. The minimum absolute atomic E-state index is 0.0734. The number of nitrogens with zero attached hydrogens (tertiary/aromatic N) is 2. The number of phenols is 1. The highest BCUT2D eigenvalue weighted by molar-refractivity contribution is 6.24. The molecule has 0 bridgehead atoms. The molecule has 214 valence electrons. The average Bonchev–Trinajstić information content (AvgIpc) is 3.36. The van der Waals surface area contributed by atoms with Crippen molar-refractivity contribution < 1.29 is 38.6 Å². The lowest BCUT2D eigenvalue weighted by Crippen LogP contribution is -2.51. The normalized spacial score (nSPS) is 31.4. The van der Waals surface area contributed by atoms with E-state index in [-0.39, 0.29) is 30.4 Å². The largest absolute Gasteiger partial charge is 0.508 e. The molecule has 6 unspecified atom stereocenters. The summed E-state index contributed by atoms with van der Waals surface area (Å²) >= 11 is 0. The van der Waals surface area contributed by atoms with Crippen LogP contribution in [-0.4, -0.2) is 46.8 Å². The zero-order valence-corrected chi connectivity index (χ0v) is 23.0. The third kappa shape index (κ3) is 3.41. The molecule has 1 N–H and O–H groups in total. The van der Waals surface area contributed by atoms with Crippen molar-refractivity contribution in [1.82, 2.24) is 4.90 Å². The van der Waals surface area contributed by atoms with Crippen molar-refractivity contribution >= 4 is 35.4 Å². The second-order valence-corrected chi connectivity index (χ2v) is 11.8. The average molecular weight is 569 g/mol. The highest BCUT2D eigenvalue weighted by atomic mass is 16.5. The fourth-order valence-electron chi connectivity index (χ4n) is 7.94. The van der Waals surface area contributed by atoms with Crippen molar-refractivity contribution in [3.05, 3.63) is 77.6 Å². The molecule has 2 aromatic rings. The number of likely N-dealkylation sites (tertiary alicyclic amines) is 1. The molecule has 3 aliphatic heterocycles. The summed E-state index contributed by atoms with van der Waals surface area (Å²) in [6.45, 7) is 1.80. The number of methoxy groups -OCH3 is 1. The van der Waals surface area contributed by atoms with Crippen LogP contribution in [0.2, 0.25) is 0 Å². The summed E-state index contributed by atoms with van der Waals surface area (Å²) in [4.78, 5) is 69.6. The smallest absolute Gasteiger partial charge is 0.423 e. The molecule has 0 aromatic heterocycles. The van der Waals surface area contributed by atoms with Crippen LogP contribution in [-0.2, 0) is 30.3 Å². The van der Waals surface area contributed by atoms with Crippen LogP contribution in [0.25, 0.3) is 0 Å².